The number of hydrogen-bond acceptors (Lipinski definition) is 8. The van der Waals surface area contributed by atoms with E-state index < -0.39 is 5.97 Å². The van der Waals surface area contributed by atoms with Crippen LogP contribution < -0.4 is 25.8 Å². The maximum Gasteiger partial charge on any atom is 2.00 e. The number of nitrogens with one attached hydrogen (secondary N) is 3. The topological polar surface area (TPSA) is 133 Å². The van der Waals surface area contributed by atoms with E-state index in [2.05, 4.69) is 131 Å². The predicted molar refractivity (Wildman–Crippen MR) is 221 cm³/mol. The normalized spacial score (nSPS) is 11.5. The maximum absolute atomic E-state index is 9.92. The van der Waals surface area contributed by atoms with Crippen molar-refractivity contribution in [1.29, 1.82) is 5.41 Å². The number of ether oxygens (including phenoxy) is 2. The summed E-state index contributed by atoms with van der Waals surface area (Å²) in [6, 6.07) is 37.6. The summed E-state index contributed by atoms with van der Waals surface area (Å²) in [5.41, 5.74) is 4.93. The maximum atomic E-state index is 9.92. The van der Waals surface area contributed by atoms with Crippen LogP contribution in [0.2, 0.25) is 0 Å². The van der Waals surface area contributed by atoms with Crippen LogP contribution in [0.25, 0.3) is 21.5 Å². The van der Waals surface area contributed by atoms with E-state index in [0.717, 1.165) is 42.3 Å². The van der Waals surface area contributed by atoms with Crippen LogP contribution in [0.4, 0.5) is 0 Å². The Kier molecular flexibility index (Phi) is 18.4. The second-order valence-corrected chi connectivity index (χ2v) is 13.6. The second kappa shape index (κ2) is 22.7. The Hall–Kier alpha value is -4.17. The summed E-state index contributed by atoms with van der Waals surface area (Å²) in [6.07, 6.45) is 2.12. The first-order chi connectivity index (χ1) is 24.8. The number of aliphatic carboxylic acids is 1. The molecule has 272 valence electrons. The molecule has 6 N–H and O–H groups in total. The number of nitrogens with zero attached hydrogens (tertiary/aromatic N) is 1. The average Bonchev–Trinajstić information content (AvgIpc) is 3.88. The smallest absolute Gasteiger partial charge is 1.00 e. The van der Waals surface area contributed by atoms with E-state index in [-0.39, 0.29) is 50.6 Å². The molecule has 2 atom stereocenters. The van der Waals surface area contributed by atoms with Crippen LogP contribution in [0.3, 0.4) is 0 Å². The van der Waals surface area contributed by atoms with Crippen molar-refractivity contribution in [3.8, 4) is 11.5 Å². The minimum atomic E-state index is -0.993. The van der Waals surface area contributed by atoms with Gasteiger partial charge in [0.25, 0.3) is 0 Å². The van der Waals surface area contributed by atoms with Gasteiger partial charge in [-0.3, -0.25) is 10.2 Å². The Labute approximate surface area is 333 Å². The molecule has 0 radical (unpaired) electrons. The van der Waals surface area contributed by atoms with E-state index in [1.54, 1.807) is 22.7 Å². The Bertz CT molecular complexity index is 1800. The molecule has 0 fully saturated rings. The molecule has 9 nitrogen and oxygen atoms in total. The van der Waals surface area contributed by atoms with Gasteiger partial charge < -0.3 is 38.7 Å². The minimum absolute atomic E-state index is 0. The van der Waals surface area contributed by atoms with Crippen molar-refractivity contribution < 1.29 is 22.2 Å². The van der Waals surface area contributed by atoms with Crippen molar-refractivity contribution in [3.05, 3.63) is 130 Å². The van der Waals surface area contributed by atoms with Gasteiger partial charge in [-0.2, -0.15) is 0 Å². The van der Waals surface area contributed by atoms with Gasteiger partial charge >= 0.3 is 29.0 Å². The number of thiophene rings is 2. The van der Waals surface area contributed by atoms with E-state index in [4.69, 9.17) is 25.7 Å². The molecule has 0 saturated heterocycles. The molecule has 2 heterocycles. The summed E-state index contributed by atoms with van der Waals surface area (Å²) in [4.78, 5) is 13.6. The summed E-state index contributed by atoms with van der Waals surface area (Å²) < 4.78 is 12.7. The van der Waals surface area contributed by atoms with Gasteiger partial charge in [-0.15, -0.1) is 22.7 Å². The van der Waals surface area contributed by atoms with Crippen LogP contribution in [-0.4, -0.2) is 85.8 Å². The third-order valence-electron chi connectivity index (χ3n) is 7.86. The molecule has 0 amide bonds. The molecule has 2 aromatic heterocycles. The molecule has 6 rings (SSSR count). The molecule has 6 aromatic rings. The SMILES string of the molecule is CN(CC(=O)O)C(=N)N.CNCC[C@H](Oc1cccc2ccccc12)c1cccs1.CNCC[C@H](Oc1cccc2ccccc12)c1cccs1.[H-].[H-].[Mg+2]. The van der Waals surface area contributed by atoms with Gasteiger partial charge in [-0.1, -0.05) is 84.9 Å². The Balaban J connectivity index is 0.000000424. The molecule has 0 saturated carbocycles. The number of carbonyl (C=O) groups is 1. The molecule has 4 aromatic carbocycles. The van der Waals surface area contributed by atoms with E-state index in [0.29, 0.717) is 0 Å². The second-order valence-electron chi connectivity index (χ2n) is 11.6. The molecule has 0 aliphatic rings. The van der Waals surface area contributed by atoms with Crippen LogP contribution in [0.15, 0.2) is 120 Å². The van der Waals surface area contributed by atoms with Crippen molar-refractivity contribution in [3.63, 3.8) is 0 Å². The van der Waals surface area contributed by atoms with Gasteiger partial charge in [0.2, 0.25) is 0 Å². The molecular weight excluding hydrogens is 703 g/mol. The number of nitrogens with two attached hydrogens (primary N) is 1. The molecule has 0 unspecified atom stereocenters. The number of benzene rings is 4. The summed E-state index contributed by atoms with van der Waals surface area (Å²) in [5, 5.41) is 30.3. The van der Waals surface area contributed by atoms with Gasteiger partial charge in [0.1, 0.15) is 30.3 Å². The number of rotatable bonds is 14. The van der Waals surface area contributed by atoms with Gasteiger partial charge in [0, 0.05) is 40.4 Å². The number of guanidine groups is 1. The standard InChI is InChI=1S/2C18H19NOS.C4H9N3O2.Mg.2H/c2*1-19-12-11-17(18-10-5-13-21-18)20-16-9-4-7-14-6-2-3-8-15(14)16;1-7(4(5)6)2-3(8)9;;;/h2*2-10,13,17,19H,11-12H2,1H3;2H2,1H3,(H3,5,6)(H,8,9);;;/q;;;+2;2*-1/t2*17-;;;;/m00..../s1. The quantitative estimate of drug-likeness (QED) is 0.0430. The summed E-state index contributed by atoms with van der Waals surface area (Å²) in [6.45, 7) is 1.65. The third-order valence-corrected chi connectivity index (χ3v) is 9.78. The fourth-order valence-electron chi connectivity index (χ4n) is 5.21. The molecule has 0 bridgehead atoms. The van der Waals surface area contributed by atoms with Crippen molar-refractivity contribution in [2.24, 2.45) is 5.73 Å². The van der Waals surface area contributed by atoms with E-state index in [9.17, 15) is 4.79 Å². The summed E-state index contributed by atoms with van der Waals surface area (Å²) >= 11 is 3.51. The number of carboxylic acids is 1. The van der Waals surface area contributed by atoms with Crippen molar-refractivity contribution >= 4 is 79.2 Å². The largest absolute Gasteiger partial charge is 2.00 e. The molecule has 12 heteroatoms. The molecule has 0 spiro atoms. The molecule has 0 aliphatic carbocycles. The van der Waals surface area contributed by atoms with Crippen molar-refractivity contribution in [1.82, 2.24) is 15.5 Å². The number of likely N-dealkylation sites (N-methyl/N-ethyl adjacent to an activating group) is 1. The molecule has 52 heavy (non-hydrogen) atoms. The van der Waals surface area contributed by atoms with Crippen LogP contribution in [0.1, 0.15) is 37.7 Å². The van der Waals surface area contributed by atoms with Crippen LogP contribution in [0.5, 0.6) is 11.5 Å². The van der Waals surface area contributed by atoms with Gasteiger partial charge in [-0.05, 0) is 73.0 Å². The van der Waals surface area contributed by atoms with E-state index >= 15 is 0 Å². The van der Waals surface area contributed by atoms with Crippen molar-refractivity contribution in [2.45, 2.75) is 25.0 Å². The fourth-order valence-corrected chi connectivity index (χ4v) is 6.79. The van der Waals surface area contributed by atoms with Gasteiger partial charge in [0.05, 0.1) is 0 Å². The number of hydrogen-bond donors (Lipinski definition) is 5. The monoisotopic (exact) mass is 751 g/mol. The number of fused-ring (bicyclic) bond motifs is 2. The first kappa shape index (κ1) is 42.2. The third kappa shape index (κ3) is 13.1. The van der Waals surface area contributed by atoms with E-state index in [1.165, 1.54) is 38.3 Å². The predicted octanol–water partition coefficient (Wildman–Crippen LogP) is 8.00. The molecular formula is C40H49MgN5O4S2. The zero-order valence-corrected chi connectivity index (χ0v) is 33.0. The van der Waals surface area contributed by atoms with Crippen LogP contribution >= 0.6 is 22.7 Å². The van der Waals surface area contributed by atoms with Gasteiger partial charge in [-0.25, -0.2) is 0 Å². The van der Waals surface area contributed by atoms with Crippen LogP contribution in [0, 0.1) is 5.41 Å². The first-order valence-corrected chi connectivity index (χ1v) is 18.5. The average molecular weight is 752 g/mol. The Morgan fingerprint density at radius 3 is 1.52 bits per heavy atom. The number of carboxylic acid groups (broad SMARTS) is 1. The first-order valence-electron chi connectivity index (χ1n) is 16.7. The summed E-state index contributed by atoms with van der Waals surface area (Å²) in [5.74, 6) is 0.690. The summed E-state index contributed by atoms with van der Waals surface area (Å²) in [7, 11) is 5.39. The fraction of sp³-hybridized carbons (Fsp3) is 0.250. The van der Waals surface area contributed by atoms with Gasteiger partial charge in [0.15, 0.2) is 5.96 Å². The zero-order valence-electron chi connectivity index (χ0n) is 32.0. The minimum Gasteiger partial charge on any atom is -1.00 e. The zero-order chi connectivity index (χ0) is 36.4. The Morgan fingerprint density at radius 1 is 0.750 bits per heavy atom. The van der Waals surface area contributed by atoms with E-state index in [1.807, 2.05) is 14.1 Å². The van der Waals surface area contributed by atoms with Crippen molar-refractivity contribution in [2.75, 3.05) is 40.8 Å². The van der Waals surface area contributed by atoms with Crippen LogP contribution in [-0.2, 0) is 4.79 Å². The molecule has 0 aliphatic heterocycles. The Morgan fingerprint density at radius 2 is 1.17 bits per heavy atom.